The van der Waals surface area contributed by atoms with Crippen LogP contribution in [0, 0.1) is 11.3 Å². The number of anilines is 2. The van der Waals surface area contributed by atoms with Crippen LogP contribution in [-0.2, 0) is 0 Å². The molecule has 1 saturated heterocycles. The summed E-state index contributed by atoms with van der Waals surface area (Å²) in [5.74, 6) is 1.41. The molecule has 1 aliphatic rings. The summed E-state index contributed by atoms with van der Waals surface area (Å²) in [7, 11) is 1.62. The van der Waals surface area contributed by atoms with Gasteiger partial charge in [-0.1, -0.05) is 27.7 Å². The van der Waals surface area contributed by atoms with Crippen LogP contribution in [0.15, 0.2) is 0 Å². The molecular formula is C16H26N2O2S. The third-order valence-corrected chi connectivity index (χ3v) is 5.65. The highest BCUT2D eigenvalue weighted by molar-refractivity contribution is 7.19. The molecule has 2 rings (SSSR count). The molecule has 21 heavy (non-hydrogen) atoms. The lowest BCUT2D eigenvalue weighted by Crippen LogP contribution is -2.25. The highest BCUT2D eigenvalue weighted by atomic mass is 32.1. The Bertz CT molecular complexity index is 531. The minimum Gasteiger partial charge on any atom is -0.492 e. The van der Waals surface area contributed by atoms with Gasteiger partial charge in [0.2, 0.25) is 0 Å². The second-order valence-corrected chi connectivity index (χ2v) is 7.76. The third kappa shape index (κ3) is 3.03. The Morgan fingerprint density at radius 1 is 1.48 bits per heavy atom. The van der Waals surface area contributed by atoms with E-state index in [4.69, 9.17) is 10.5 Å². The van der Waals surface area contributed by atoms with E-state index < -0.39 is 0 Å². The number of carbonyl (C=O) groups excluding carboxylic acids is 1. The van der Waals surface area contributed by atoms with Gasteiger partial charge in [0.15, 0.2) is 11.5 Å². The summed E-state index contributed by atoms with van der Waals surface area (Å²) in [6.45, 7) is 10.7. The molecule has 1 aromatic rings. The summed E-state index contributed by atoms with van der Waals surface area (Å²) in [4.78, 5) is 15.0. The van der Waals surface area contributed by atoms with Gasteiger partial charge in [-0.25, -0.2) is 0 Å². The third-order valence-electron chi connectivity index (χ3n) is 4.36. The average Bonchev–Trinajstić information content (AvgIpc) is 3.01. The van der Waals surface area contributed by atoms with Crippen LogP contribution in [0.1, 0.15) is 50.2 Å². The molecule has 2 heterocycles. The zero-order chi connectivity index (χ0) is 15.8. The first-order valence-electron chi connectivity index (χ1n) is 7.54. The quantitative estimate of drug-likeness (QED) is 0.859. The molecule has 4 nitrogen and oxygen atoms in total. The molecule has 0 aliphatic carbocycles. The maximum Gasteiger partial charge on any atom is 0.177 e. The second kappa shape index (κ2) is 5.87. The van der Waals surface area contributed by atoms with Gasteiger partial charge in [0.05, 0.1) is 17.7 Å². The molecule has 1 atom stereocenters. The van der Waals surface area contributed by atoms with E-state index >= 15 is 0 Å². The number of hydrogen-bond donors (Lipinski definition) is 1. The van der Waals surface area contributed by atoms with Crippen molar-refractivity contribution in [3.05, 3.63) is 4.88 Å². The van der Waals surface area contributed by atoms with Gasteiger partial charge < -0.3 is 15.4 Å². The van der Waals surface area contributed by atoms with Crippen molar-refractivity contribution in [2.45, 2.75) is 40.5 Å². The van der Waals surface area contributed by atoms with Gasteiger partial charge in [0, 0.05) is 19.5 Å². The Balaban J connectivity index is 2.31. The zero-order valence-corrected chi connectivity index (χ0v) is 14.5. The largest absolute Gasteiger partial charge is 0.492 e. The van der Waals surface area contributed by atoms with E-state index in [1.54, 1.807) is 7.11 Å². The number of ether oxygens (including phenoxy) is 1. The molecule has 118 valence electrons. The minimum atomic E-state index is 0.0913. The van der Waals surface area contributed by atoms with E-state index in [9.17, 15) is 4.79 Å². The van der Waals surface area contributed by atoms with Crippen LogP contribution < -0.4 is 15.4 Å². The highest BCUT2D eigenvalue weighted by Gasteiger charge is 2.34. The van der Waals surface area contributed by atoms with Crippen molar-refractivity contribution in [3.8, 4) is 5.75 Å². The van der Waals surface area contributed by atoms with Crippen LogP contribution >= 0.6 is 11.3 Å². The van der Waals surface area contributed by atoms with E-state index in [-0.39, 0.29) is 5.78 Å². The van der Waals surface area contributed by atoms with Gasteiger partial charge >= 0.3 is 0 Å². The van der Waals surface area contributed by atoms with Crippen molar-refractivity contribution in [2.75, 3.05) is 30.8 Å². The molecule has 0 radical (unpaired) electrons. The van der Waals surface area contributed by atoms with Crippen LogP contribution in [0.4, 0.5) is 10.7 Å². The number of nitrogens with two attached hydrogens (primary N) is 1. The number of thiophene rings is 1. The van der Waals surface area contributed by atoms with E-state index in [1.165, 1.54) is 17.8 Å². The number of Topliss-reactive ketones (excluding diaryl/α,β-unsaturated/α-hetero) is 1. The van der Waals surface area contributed by atoms with Gasteiger partial charge in [-0.2, -0.15) is 0 Å². The number of nitrogen functional groups attached to an aromatic ring is 1. The standard InChI is InChI=1S/C16H26N2O2S/c1-6-11(19)14-12(17)13(20-5)15(21-14)18-8-7-10(9-18)16(2,3)4/h10H,6-9,17H2,1-5H3. The molecule has 0 bridgehead atoms. The highest BCUT2D eigenvalue weighted by Crippen LogP contribution is 2.47. The lowest BCUT2D eigenvalue weighted by Gasteiger charge is -2.27. The van der Waals surface area contributed by atoms with Crippen molar-refractivity contribution < 1.29 is 9.53 Å². The Morgan fingerprint density at radius 3 is 2.62 bits per heavy atom. The number of ketones is 1. The molecule has 2 N–H and O–H groups in total. The van der Waals surface area contributed by atoms with Crippen LogP contribution in [0.3, 0.4) is 0 Å². The van der Waals surface area contributed by atoms with E-state index in [0.717, 1.165) is 18.1 Å². The molecule has 1 aromatic heterocycles. The molecule has 0 amide bonds. The molecule has 5 heteroatoms. The average molecular weight is 310 g/mol. The summed E-state index contributed by atoms with van der Waals surface area (Å²) in [6, 6.07) is 0. The van der Waals surface area contributed by atoms with Crippen LogP contribution in [-0.4, -0.2) is 26.0 Å². The molecule has 1 aliphatic heterocycles. The number of nitrogens with zero attached hydrogens (tertiary/aromatic N) is 1. The smallest absolute Gasteiger partial charge is 0.177 e. The fraction of sp³-hybridized carbons (Fsp3) is 0.688. The number of rotatable bonds is 4. The maximum absolute atomic E-state index is 12.0. The number of carbonyl (C=O) groups is 1. The van der Waals surface area contributed by atoms with E-state index in [1.807, 2.05) is 6.92 Å². The van der Waals surface area contributed by atoms with Gasteiger partial charge in [-0.15, -0.1) is 11.3 Å². The Hall–Kier alpha value is -1.23. The first kappa shape index (κ1) is 16.1. The van der Waals surface area contributed by atoms with Gasteiger partial charge in [-0.05, 0) is 17.8 Å². The summed E-state index contributed by atoms with van der Waals surface area (Å²) in [6.07, 6.45) is 1.64. The van der Waals surface area contributed by atoms with Crippen LogP contribution in [0.5, 0.6) is 5.75 Å². The maximum atomic E-state index is 12.0. The topological polar surface area (TPSA) is 55.6 Å². The van der Waals surface area contributed by atoms with E-state index in [0.29, 0.717) is 34.1 Å². The molecule has 0 saturated carbocycles. The first-order valence-corrected chi connectivity index (χ1v) is 8.35. The fourth-order valence-corrected chi connectivity index (χ4v) is 4.08. The SMILES string of the molecule is CCC(=O)c1sc(N2CCC(C(C)(C)C)C2)c(OC)c1N. The van der Waals surface area contributed by atoms with Gasteiger partial charge in [0.1, 0.15) is 5.00 Å². The van der Waals surface area contributed by atoms with Crippen molar-refractivity contribution in [2.24, 2.45) is 11.3 Å². The zero-order valence-electron chi connectivity index (χ0n) is 13.7. The van der Waals surface area contributed by atoms with Gasteiger partial charge in [0.25, 0.3) is 0 Å². The predicted octanol–water partition coefficient (Wildman–Crippen LogP) is 3.80. The van der Waals surface area contributed by atoms with Crippen molar-refractivity contribution in [1.82, 2.24) is 0 Å². The van der Waals surface area contributed by atoms with Crippen molar-refractivity contribution in [1.29, 1.82) is 0 Å². The van der Waals surface area contributed by atoms with E-state index in [2.05, 4.69) is 25.7 Å². The molecule has 0 aromatic carbocycles. The molecule has 1 unspecified atom stereocenters. The lowest BCUT2D eigenvalue weighted by molar-refractivity contribution is 0.0992. The minimum absolute atomic E-state index is 0.0913. The number of methoxy groups -OCH3 is 1. The summed E-state index contributed by atoms with van der Waals surface area (Å²) < 4.78 is 5.48. The Kier molecular flexibility index (Phi) is 4.51. The second-order valence-electron chi connectivity index (χ2n) is 6.76. The fourth-order valence-electron chi connectivity index (χ4n) is 2.84. The van der Waals surface area contributed by atoms with Gasteiger partial charge in [-0.3, -0.25) is 4.79 Å². The van der Waals surface area contributed by atoms with Crippen molar-refractivity contribution >= 4 is 27.8 Å². The Morgan fingerprint density at radius 2 is 2.14 bits per heavy atom. The predicted molar refractivity (Wildman–Crippen MR) is 89.7 cm³/mol. The van der Waals surface area contributed by atoms with Crippen LogP contribution in [0.25, 0.3) is 0 Å². The first-order chi connectivity index (χ1) is 9.79. The molecule has 1 fully saturated rings. The molecule has 0 spiro atoms. The summed E-state index contributed by atoms with van der Waals surface area (Å²) in [5.41, 5.74) is 6.92. The lowest BCUT2D eigenvalue weighted by atomic mass is 9.80. The monoisotopic (exact) mass is 310 g/mol. The van der Waals surface area contributed by atoms with Crippen molar-refractivity contribution in [3.63, 3.8) is 0 Å². The van der Waals surface area contributed by atoms with Crippen LogP contribution in [0.2, 0.25) is 0 Å². The Labute approximate surface area is 131 Å². The molecular weight excluding hydrogens is 284 g/mol. The number of hydrogen-bond acceptors (Lipinski definition) is 5. The summed E-state index contributed by atoms with van der Waals surface area (Å²) in [5, 5.41) is 1.01. The summed E-state index contributed by atoms with van der Waals surface area (Å²) >= 11 is 1.48. The normalized spacial score (nSPS) is 19.1.